The zero-order valence-electron chi connectivity index (χ0n) is 12.6. The summed E-state index contributed by atoms with van der Waals surface area (Å²) in [5.74, 6) is 0.144. The molecule has 7 heteroatoms. The second-order valence-corrected chi connectivity index (χ2v) is 5.30. The highest BCUT2D eigenvalue weighted by molar-refractivity contribution is 5.97. The number of aromatic amines is 1. The molecule has 0 saturated carbocycles. The van der Waals surface area contributed by atoms with Crippen molar-refractivity contribution in [1.82, 2.24) is 24.9 Å². The molecule has 1 aromatic carbocycles. The van der Waals surface area contributed by atoms with Crippen LogP contribution < -0.4 is 10.7 Å². The van der Waals surface area contributed by atoms with Crippen LogP contribution >= 0.6 is 0 Å². The first-order valence-electron chi connectivity index (χ1n) is 7.41. The van der Waals surface area contributed by atoms with Gasteiger partial charge in [-0.15, -0.1) is 10.2 Å². The number of aromatic nitrogens is 4. The van der Waals surface area contributed by atoms with E-state index in [2.05, 4.69) is 20.5 Å². The zero-order chi connectivity index (χ0) is 16.5. The Kier molecular flexibility index (Phi) is 3.31. The van der Waals surface area contributed by atoms with E-state index >= 15 is 0 Å². The van der Waals surface area contributed by atoms with E-state index in [4.69, 9.17) is 0 Å². The number of carbonyl (C=O) groups excluding carboxylic acids is 1. The smallest absolute Gasteiger partial charge is 0.257 e. The van der Waals surface area contributed by atoms with E-state index in [1.54, 1.807) is 22.6 Å². The van der Waals surface area contributed by atoms with E-state index in [0.717, 1.165) is 0 Å². The van der Waals surface area contributed by atoms with E-state index in [-0.39, 0.29) is 17.5 Å². The van der Waals surface area contributed by atoms with Gasteiger partial charge in [0.15, 0.2) is 11.5 Å². The van der Waals surface area contributed by atoms with E-state index in [9.17, 15) is 9.59 Å². The van der Waals surface area contributed by atoms with Crippen molar-refractivity contribution in [2.75, 3.05) is 0 Å². The van der Waals surface area contributed by atoms with Gasteiger partial charge in [0.2, 0.25) is 5.43 Å². The van der Waals surface area contributed by atoms with Crippen LogP contribution in [0.1, 0.15) is 16.2 Å². The van der Waals surface area contributed by atoms with Crippen molar-refractivity contribution in [2.45, 2.75) is 6.54 Å². The Labute approximate surface area is 136 Å². The van der Waals surface area contributed by atoms with Crippen LogP contribution in [0.25, 0.3) is 16.6 Å². The number of carbonyl (C=O) groups is 1. The Morgan fingerprint density at radius 3 is 2.88 bits per heavy atom. The number of pyridine rings is 2. The SMILES string of the molecule is O=C(NCc1nnc2ccccn12)c1c[nH]c2ccccc2c1=O. The van der Waals surface area contributed by atoms with Gasteiger partial charge in [-0.1, -0.05) is 18.2 Å². The van der Waals surface area contributed by atoms with Crippen LogP contribution in [0.2, 0.25) is 0 Å². The molecule has 0 unspecified atom stereocenters. The molecule has 0 atom stereocenters. The summed E-state index contributed by atoms with van der Waals surface area (Å²) < 4.78 is 1.78. The molecule has 4 rings (SSSR count). The lowest BCUT2D eigenvalue weighted by Crippen LogP contribution is -2.29. The number of benzene rings is 1. The zero-order valence-corrected chi connectivity index (χ0v) is 12.6. The Morgan fingerprint density at radius 1 is 1.12 bits per heavy atom. The molecule has 0 aliphatic heterocycles. The standard InChI is InChI=1S/C17H13N5O2/c23-16-11-5-1-2-6-13(11)18-9-12(16)17(24)19-10-15-21-20-14-7-3-4-8-22(14)15/h1-9H,10H2,(H,18,23)(H,19,24). The summed E-state index contributed by atoms with van der Waals surface area (Å²) in [6, 6.07) is 12.6. The van der Waals surface area contributed by atoms with Crippen LogP contribution in [0.15, 0.2) is 59.7 Å². The molecule has 0 aliphatic rings. The Bertz CT molecular complexity index is 1110. The molecule has 0 aliphatic carbocycles. The second-order valence-electron chi connectivity index (χ2n) is 5.30. The molecule has 24 heavy (non-hydrogen) atoms. The summed E-state index contributed by atoms with van der Waals surface area (Å²) in [7, 11) is 0. The summed E-state index contributed by atoms with van der Waals surface area (Å²) >= 11 is 0. The maximum Gasteiger partial charge on any atom is 0.257 e. The normalized spacial score (nSPS) is 11.0. The van der Waals surface area contributed by atoms with Crippen molar-refractivity contribution in [1.29, 1.82) is 0 Å². The average Bonchev–Trinajstić information content (AvgIpc) is 3.03. The third kappa shape index (κ3) is 2.32. The lowest BCUT2D eigenvalue weighted by Gasteiger charge is -2.05. The monoisotopic (exact) mass is 319 g/mol. The second kappa shape index (κ2) is 5.62. The lowest BCUT2D eigenvalue weighted by atomic mass is 10.1. The topological polar surface area (TPSA) is 92.2 Å². The van der Waals surface area contributed by atoms with Crippen molar-refractivity contribution in [2.24, 2.45) is 0 Å². The van der Waals surface area contributed by atoms with Crippen LogP contribution in [-0.4, -0.2) is 25.5 Å². The van der Waals surface area contributed by atoms with Crippen LogP contribution in [0.4, 0.5) is 0 Å². The summed E-state index contributed by atoms with van der Waals surface area (Å²) in [5.41, 5.74) is 1.17. The van der Waals surface area contributed by atoms with Crippen molar-refractivity contribution in [3.8, 4) is 0 Å². The van der Waals surface area contributed by atoms with Crippen LogP contribution in [-0.2, 0) is 6.54 Å². The maximum atomic E-state index is 12.4. The van der Waals surface area contributed by atoms with Gasteiger partial charge in [0, 0.05) is 23.3 Å². The van der Waals surface area contributed by atoms with E-state index < -0.39 is 5.91 Å². The number of H-pyrrole nitrogens is 1. The minimum Gasteiger partial charge on any atom is -0.360 e. The molecule has 0 bridgehead atoms. The van der Waals surface area contributed by atoms with Crippen LogP contribution in [0.5, 0.6) is 0 Å². The number of nitrogens with zero attached hydrogens (tertiary/aromatic N) is 3. The first-order chi connectivity index (χ1) is 11.7. The van der Waals surface area contributed by atoms with Gasteiger partial charge in [0.25, 0.3) is 5.91 Å². The molecule has 4 aromatic rings. The minimum absolute atomic E-state index is 0.0718. The lowest BCUT2D eigenvalue weighted by molar-refractivity contribution is 0.0948. The fourth-order valence-electron chi connectivity index (χ4n) is 2.60. The average molecular weight is 319 g/mol. The molecule has 0 radical (unpaired) electrons. The highest BCUT2D eigenvalue weighted by Crippen LogP contribution is 2.07. The maximum absolute atomic E-state index is 12.4. The number of amides is 1. The summed E-state index contributed by atoms with van der Waals surface area (Å²) in [6.07, 6.45) is 3.25. The number of rotatable bonds is 3. The molecule has 118 valence electrons. The van der Waals surface area contributed by atoms with E-state index in [1.165, 1.54) is 6.20 Å². The van der Waals surface area contributed by atoms with Crippen molar-refractivity contribution in [3.05, 3.63) is 76.5 Å². The van der Waals surface area contributed by atoms with Gasteiger partial charge in [-0.05, 0) is 24.3 Å². The number of nitrogens with one attached hydrogen (secondary N) is 2. The molecule has 3 aromatic heterocycles. The largest absolute Gasteiger partial charge is 0.360 e. The van der Waals surface area contributed by atoms with Gasteiger partial charge >= 0.3 is 0 Å². The van der Waals surface area contributed by atoms with E-state index in [0.29, 0.717) is 22.4 Å². The van der Waals surface area contributed by atoms with Crippen LogP contribution in [0, 0.1) is 0 Å². The number of hydrogen-bond acceptors (Lipinski definition) is 4. The van der Waals surface area contributed by atoms with Gasteiger partial charge in [-0.2, -0.15) is 0 Å². The molecule has 7 nitrogen and oxygen atoms in total. The van der Waals surface area contributed by atoms with Gasteiger partial charge in [-0.25, -0.2) is 0 Å². The highest BCUT2D eigenvalue weighted by Gasteiger charge is 2.13. The summed E-state index contributed by atoms with van der Waals surface area (Å²) in [6.45, 7) is 0.177. The third-order valence-corrected chi connectivity index (χ3v) is 3.82. The van der Waals surface area contributed by atoms with Crippen molar-refractivity contribution in [3.63, 3.8) is 0 Å². The molecular weight excluding hydrogens is 306 g/mol. The summed E-state index contributed by atoms with van der Waals surface area (Å²) in [5, 5.41) is 11.3. The Balaban J connectivity index is 1.61. The predicted molar refractivity (Wildman–Crippen MR) is 88.7 cm³/mol. The summed E-state index contributed by atoms with van der Waals surface area (Å²) in [4.78, 5) is 27.8. The molecule has 1 amide bonds. The molecule has 2 N–H and O–H groups in total. The van der Waals surface area contributed by atoms with Gasteiger partial charge in [0.1, 0.15) is 5.56 Å². The molecule has 0 saturated heterocycles. The Morgan fingerprint density at radius 2 is 1.96 bits per heavy atom. The van der Waals surface area contributed by atoms with Crippen LogP contribution in [0.3, 0.4) is 0 Å². The van der Waals surface area contributed by atoms with Crippen molar-refractivity contribution < 1.29 is 4.79 Å². The van der Waals surface area contributed by atoms with Gasteiger partial charge < -0.3 is 10.3 Å². The first kappa shape index (κ1) is 14.1. The number of hydrogen-bond donors (Lipinski definition) is 2. The van der Waals surface area contributed by atoms with E-state index in [1.807, 2.05) is 30.5 Å². The number of para-hydroxylation sites is 1. The third-order valence-electron chi connectivity index (χ3n) is 3.82. The molecule has 0 fully saturated rings. The van der Waals surface area contributed by atoms with Crippen molar-refractivity contribution >= 4 is 22.5 Å². The molecule has 3 heterocycles. The fourth-order valence-corrected chi connectivity index (χ4v) is 2.60. The van der Waals surface area contributed by atoms with Gasteiger partial charge in [0.05, 0.1) is 6.54 Å². The predicted octanol–water partition coefficient (Wildman–Crippen LogP) is 1.50. The minimum atomic E-state index is -0.449. The first-order valence-corrected chi connectivity index (χ1v) is 7.41. The molecule has 0 spiro atoms. The number of fused-ring (bicyclic) bond motifs is 2. The van der Waals surface area contributed by atoms with Gasteiger partial charge in [-0.3, -0.25) is 14.0 Å². The Hall–Kier alpha value is -3.48. The molecular formula is C17H13N5O2. The fraction of sp³-hybridized carbons (Fsp3) is 0.0588. The highest BCUT2D eigenvalue weighted by atomic mass is 16.2. The quantitative estimate of drug-likeness (QED) is 0.598.